The second-order valence-electron chi connectivity index (χ2n) is 6.06. The van der Waals surface area contributed by atoms with E-state index in [1.807, 2.05) is 0 Å². The van der Waals surface area contributed by atoms with Gasteiger partial charge < -0.3 is 24.4 Å². The van der Waals surface area contributed by atoms with E-state index in [-0.39, 0.29) is 5.75 Å². The molecular formula is C21H16Cl3NO8. The van der Waals surface area contributed by atoms with Crippen molar-refractivity contribution in [2.24, 2.45) is 0 Å². The number of benzene rings is 2. The molecule has 9 nitrogen and oxygen atoms in total. The van der Waals surface area contributed by atoms with Crippen molar-refractivity contribution in [3.05, 3.63) is 63.7 Å². The van der Waals surface area contributed by atoms with Crippen molar-refractivity contribution in [1.82, 2.24) is 4.98 Å². The molecule has 0 amide bonds. The van der Waals surface area contributed by atoms with Gasteiger partial charge in [0.05, 0.1) is 17.2 Å². The number of aromatic nitrogens is 1. The molecule has 0 aliphatic rings. The molecule has 0 spiro atoms. The van der Waals surface area contributed by atoms with E-state index >= 15 is 0 Å². The second-order valence-corrected chi connectivity index (χ2v) is 7.31. The third-order valence-electron chi connectivity index (χ3n) is 3.81. The first-order valence-corrected chi connectivity index (χ1v) is 10.1. The number of halogens is 3. The number of methoxy groups -OCH3 is 1. The summed E-state index contributed by atoms with van der Waals surface area (Å²) < 4.78 is 14.5. The van der Waals surface area contributed by atoms with Crippen molar-refractivity contribution >= 4 is 63.6 Å². The number of carbonyl (C=O) groups excluding carboxylic acids is 1. The highest BCUT2D eigenvalue weighted by Gasteiger charge is 2.30. The van der Waals surface area contributed by atoms with Gasteiger partial charge in [-0.25, -0.2) is 14.4 Å². The standard InChI is InChI=1S/C13H10ClNO5.C8H6Cl2O3/c1-19-13(18)11(12(16)17)20-9-5-4-8(14)7-3-2-6-15-10(7)9;9-5-1-2-7(6(10)3-5)13-4-8(11)12/h2-6,11H,1H3,(H,16,17);1-3H,4H2,(H,11,12). The normalized spacial score (nSPS) is 11.0. The number of pyridine rings is 1. The number of hydrogen-bond acceptors (Lipinski definition) is 7. The highest BCUT2D eigenvalue weighted by molar-refractivity contribution is 6.36. The van der Waals surface area contributed by atoms with Gasteiger partial charge in [-0.2, -0.15) is 0 Å². The molecule has 0 aliphatic heterocycles. The molecule has 1 atom stereocenters. The van der Waals surface area contributed by atoms with E-state index in [1.54, 1.807) is 18.2 Å². The number of fused-ring (bicyclic) bond motifs is 1. The molecule has 0 saturated heterocycles. The Balaban J connectivity index is 0.000000257. The predicted octanol–water partition coefficient (Wildman–Crippen LogP) is 4.35. The smallest absolute Gasteiger partial charge is 0.359 e. The molecule has 0 saturated carbocycles. The maximum atomic E-state index is 11.4. The number of carboxylic acid groups (broad SMARTS) is 2. The van der Waals surface area contributed by atoms with Gasteiger partial charge in [-0.15, -0.1) is 0 Å². The molecule has 0 aliphatic carbocycles. The van der Waals surface area contributed by atoms with Gasteiger partial charge in [0.15, 0.2) is 6.61 Å². The van der Waals surface area contributed by atoms with E-state index in [9.17, 15) is 14.4 Å². The lowest BCUT2D eigenvalue weighted by atomic mass is 10.2. The number of ether oxygens (including phenoxy) is 3. The van der Waals surface area contributed by atoms with E-state index in [2.05, 4.69) is 9.72 Å². The molecule has 1 aromatic heterocycles. The molecule has 2 N–H and O–H groups in total. The lowest BCUT2D eigenvalue weighted by Gasteiger charge is -2.14. The molecule has 3 rings (SSSR count). The van der Waals surface area contributed by atoms with Gasteiger partial charge in [0.2, 0.25) is 0 Å². The van der Waals surface area contributed by atoms with Gasteiger partial charge in [-0.3, -0.25) is 4.98 Å². The molecule has 33 heavy (non-hydrogen) atoms. The minimum absolute atomic E-state index is 0.141. The third kappa shape index (κ3) is 7.38. The number of esters is 1. The minimum Gasteiger partial charge on any atom is -0.480 e. The number of hydrogen-bond donors (Lipinski definition) is 2. The van der Waals surface area contributed by atoms with E-state index in [4.69, 9.17) is 54.5 Å². The highest BCUT2D eigenvalue weighted by Crippen LogP contribution is 2.30. The van der Waals surface area contributed by atoms with Gasteiger partial charge in [0.1, 0.15) is 17.0 Å². The summed E-state index contributed by atoms with van der Waals surface area (Å²) in [5, 5.41) is 19.1. The van der Waals surface area contributed by atoms with Crippen LogP contribution in [0.25, 0.3) is 10.9 Å². The van der Waals surface area contributed by atoms with Crippen LogP contribution in [0.5, 0.6) is 11.5 Å². The van der Waals surface area contributed by atoms with Gasteiger partial charge in [0, 0.05) is 16.6 Å². The second kappa shape index (κ2) is 12.1. The Morgan fingerprint density at radius 3 is 2.30 bits per heavy atom. The Morgan fingerprint density at radius 1 is 1.00 bits per heavy atom. The summed E-state index contributed by atoms with van der Waals surface area (Å²) in [6, 6.07) is 11.0. The average Bonchev–Trinajstić information content (AvgIpc) is 2.78. The van der Waals surface area contributed by atoms with Gasteiger partial charge >= 0.3 is 17.9 Å². The molecular weight excluding hydrogens is 501 g/mol. The third-order valence-corrected chi connectivity index (χ3v) is 4.67. The summed E-state index contributed by atoms with van der Waals surface area (Å²) in [7, 11) is 1.08. The largest absolute Gasteiger partial charge is 0.480 e. The Morgan fingerprint density at radius 2 is 1.70 bits per heavy atom. The molecule has 1 heterocycles. The Bertz CT molecular complexity index is 1170. The maximum absolute atomic E-state index is 11.4. The first-order valence-electron chi connectivity index (χ1n) is 8.94. The lowest BCUT2D eigenvalue weighted by Crippen LogP contribution is -2.36. The average molecular weight is 517 g/mol. The van der Waals surface area contributed by atoms with Gasteiger partial charge in [-0.1, -0.05) is 34.8 Å². The summed E-state index contributed by atoms with van der Waals surface area (Å²) in [5.74, 6) is -3.05. The van der Waals surface area contributed by atoms with Crippen LogP contribution in [0.2, 0.25) is 15.1 Å². The zero-order valence-electron chi connectivity index (χ0n) is 16.8. The lowest BCUT2D eigenvalue weighted by molar-refractivity contribution is -0.161. The number of aliphatic carboxylic acids is 2. The van der Waals surface area contributed by atoms with Crippen LogP contribution >= 0.6 is 34.8 Å². The molecule has 2 aromatic carbocycles. The quantitative estimate of drug-likeness (QED) is 0.347. The fraction of sp³-hybridized carbons (Fsp3) is 0.143. The van der Waals surface area contributed by atoms with Crippen LogP contribution in [0.1, 0.15) is 0 Å². The molecule has 12 heteroatoms. The van der Waals surface area contributed by atoms with Crippen molar-refractivity contribution in [2.45, 2.75) is 6.10 Å². The van der Waals surface area contributed by atoms with E-state index in [1.165, 1.54) is 30.5 Å². The van der Waals surface area contributed by atoms with Crippen molar-refractivity contribution in [3.8, 4) is 11.5 Å². The van der Waals surface area contributed by atoms with Crippen LogP contribution in [0.15, 0.2) is 48.7 Å². The molecule has 3 aromatic rings. The van der Waals surface area contributed by atoms with E-state index in [0.29, 0.717) is 31.7 Å². The molecule has 0 fully saturated rings. The molecule has 0 radical (unpaired) electrons. The Hall–Kier alpha value is -3.27. The number of carboxylic acids is 2. The van der Waals surface area contributed by atoms with Gasteiger partial charge in [-0.05, 0) is 42.5 Å². The van der Waals surface area contributed by atoms with Crippen LogP contribution in [0.3, 0.4) is 0 Å². The van der Waals surface area contributed by atoms with Crippen molar-refractivity contribution in [3.63, 3.8) is 0 Å². The summed E-state index contributed by atoms with van der Waals surface area (Å²) in [5.41, 5.74) is 0.371. The van der Waals surface area contributed by atoms with E-state index < -0.39 is 30.6 Å². The number of nitrogens with zero attached hydrogens (tertiary/aromatic N) is 1. The Kier molecular flexibility index (Phi) is 9.53. The fourth-order valence-electron chi connectivity index (χ4n) is 2.37. The summed E-state index contributed by atoms with van der Waals surface area (Å²) in [6.07, 6.45) is -0.245. The SMILES string of the molecule is COC(=O)C(Oc1ccc(Cl)c2cccnc12)C(=O)O.O=C(O)COc1ccc(Cl)cc1Cl. The Labute approximate surface area is 202 Å². The first kappa shape index (κ1) is 26.0. The van der Waals surface area contributed by atoms with Crippen molar-refractivity contribution < 1.29 is 38.8 Å². The van der Waals surface area contributed by atoms with Crippen LogP contribution in [-0.4, -0.2) is 52.9 Å². The van der Waals surface area contributed by atoms with Gasteiger partial charge in [0.25, 0.3) is 6.10 Å². The van der Waals surface area contributed by atoms with E-state index in [0.717, 1.165) is 7.11 Å². The fourth-order valence-corrected chi connectivity index (χ4v) is 3.05. The zero-order chi connectivity index (χ0) is 24.5. The predicted molar refractivity (Wildman–Crippen MR) is 120 cm³/mol. The van der Waals surface area contributed by atoms with Crippen LogP contribution in [0.4, 0.5) is 0 Å². The molecule has 0 bridgehead atoms. The van der Waals surface area contributed by atoms with Crippen LogP contribution in [-0.2, 0) is 19.1 Å². The summed E-state index contributed by atoms with van der Waals surface area (Å²) in [6.45, 7) is -0.415. The monoisotopic (exact) mass is 515 g/mol. The van der Waals surface area contributed by atoms with Crippen LogP contribution < -0.4 is 9.47 Å². The number of carbonyl (C=O) groups is 3. The topological polar surface area (TPSA) is 132 Å². The maximum Gasteiger partial charge on any atom is 0.359 e. The van der Waals surface area contributed by atoms with Crippen LogP contribution in [0, 0.1) is 0 Å². The molecule has 1 unspecified atom stereocenters. The summed E-state index contributed by atoms with van der Waals surface area (Å²) in [4.78, 5) is 36.7. The van der Waals surface area contributed by atoms with Crippen molar-refractivity contribution in [1.29, 1.82) is 0 Å². The highest BCUT2D eigenvalue weighted by atomic mass is 35.5. The summed E-state index contributed by atoms with van der Waals surface area (Å²) >= 11 is 17.3. The molecule has 174 valence electrons. The first-order chi connectivity index (χ1) is 15.6. The van der Waals surface area contributed by atoms with Crippen molar-refractivity contribution in [2.75, 3.05) is 13.7 Å². The zero-order valence-corrected chi connectivity index (χ0v) is 19.1. The minimum atomic E-state index is -1.76. The number of rotatable bonds is 7.